The number of allylic oxidation sites excluding steroid dienone is 2. The summed E-state index contributed by atoms with van der Waals surface area (Å²) in [6, 6.07) is 6.01. The Kier molecular flexibility index (Phi) is 4.15. The summed E-state index contributed by atoms with van der Waals surface area (Å²) in [6.07, 6.45) is 7.06. The normalized spacial score (nSPS) is 14.2. The number of hydrogen-bond donors (Lipinski definition) is 1. The molecule has 0 radical (unpaired) electrons. The van der Waals surface area contributed by atoms with E-state index in [-0.39, 0.29) is 0 Å². The van der Waals surface area contributed by atoms with Crippen LogP contribution in [0.5, 0.6) is 0 Å². The summed E-state index contributed by atoms with van der Waals surface area (Å²) < 4.78 is 0. The molecule has 2 rings (SSSR count). The predicted octanol–water partition coefficient (Wildman–Crippen LogP) is 4.79. The van der Waals surface area contributed by atoms with Gasteiger partial charge in [-0.15, -0.1) is 0 Å². The molecular weight excluding hydrogens is 240 g/mol. The van der Waals surface area contributed by atoms with E-state index in [9.17, 15) is 0 Å². The number of fused-ring (bicyclic) bond motifs is 1. The first-order chi connectivity index (χ1) is 8.70. The van der Waals surface area contributed by atoms with E-state index < -0.39 is 0 Å². The Balaban J connectivity index is 2.35. The van der Waals surface area contributed by atoms with Crippen LogP contribution in [0.1, 0.15) is 31.4 Å². The van der Waals surface area contributed by atoms with Gasteiger partial charge in [-0.25, -0.2) is 0 Å². The largest absolute Gasteiger partial charge is 0.293 e. The minimum Gasteiger partial charge on any atom is -0.293 e. The van der Waals surface area contributed by atoms with E-state index in [2.05, 4.69) is 17.1 Å². The molecule has 3 heteroatoms. The van der Waals surface area contributed by atoms with Crippen molar-refractivity contribution >= 4 is 34.3 Å². The maximum absolute atomic E-state index is 8.00. The highest BCUT2D eigenvalue weighted by Gasteiger charge is 2.07. The number of hydrogen-bond acceptors (Lipinski definition) is 3. The second-order valence-electron chi connectivity index (χ2n) is 4.14. The smallest absolute Gasteiger partial charge is 0.0985 e. The number of thioether (sulfide) groups is 1. The quantitative estimate of drug-likeness (QED) is 0.599. The van der Waals surface area contributed by atoms with Gasteiger partial charge in [0.1, 0.15) is 0 Å². The molecule has 0 atom stereocenters. The summed E-state index contributed by atoms with van der Waals surface area (Å²) in [6.45, 7) is 3.99. The fraction of sp³-hybridized carbons (Fsp3) is 0.200. The van der Waals surface area contributed by atoms with Crippen LogP contribution in [0.3, 0.4) is 0 Å². The second-order valence-corrected chi connectivity index (χ2v) is 5.06. The molecule has 2 nitrogen and oxygen atoms in total. The zero-order valence-corrected chi connectivity index (χ0v) is 11.4. The lowest BCUT2D eigenvalue weighted by molar-refractivity contribution is 1.40. The van der Waals surface area contributed by atoms with E-state index >= 15 is 0 Å². The molecule has 0 bridgehead atoms. The van der Waals surface area contributed by atoms with Crippen LogP contribution in [0.4, 0.5) is 5.69 Å². The molecule has 92 valence electrons. The van der Waals surface area contributed by atoms with Crippen molar-refractivity contribution in [2.24, 2.45) is 4.99 Å². The van der Waals surface area contributed by atoms with E-state index in [1.54, 1.807) is 0 Å². The van der Waals surface area contributed by atoms with Crippen molar-refractivity contribution in [3.8, 4) is 0 Å². The zero-order valence-electron chi connectivity index (χ0n) is 10.6. The summed E-state index contributed by atoms with van der Waals surface area (Å²) in [4.78, 5) is 4.59. The summed E-state index contributed by atoms with van der Waals surface area (Å²) in [7, 11) is 0. The van der Waals surface area contributed by atoms with Crippen LogP contribution in [0, 0.1) is 5.41 Å². The van der Waals surface area contributed by atoms with Crippen LogP contribution in [-0.4, -0.2) is 10.8 Å². The highest BCUT2D eigenvalue weighted by atomic mass is 32.2. The molecule has 1 aromatic carbocycles. The first-order valence-corrected chi connectivity index (χ1v) is 6.80. The summed E-state index contributed by atoms with van der Waals surface area (Å²) in [5, 5.41) is 10.5. The number of nitrogens with zero attached hydrogens (tertiary/aromatic N) is 1. The molecule has 0 fully saturated rings. The lowest BCUT2D eigenvalue weighted by Crippen LogP contribution is -1.92. The highest BCUT2D eigenvalue weighted by molar-refractivity contribution is 8.16. The number of rotatable bonds is 2. The van der Waals surface area contributed by atoms with Gasteiger partial charge in [-0.05, 0) is 30.9 Å². The van der Waals surface area contributed by atoms with Crippen molar-refractivity contribution in [1.82, 2.24) is 0 Å². The lowest BCUT2D eigenvalue weighted by atomic mass is 10.1. The fourth-order valence-electron chi connectivity index (χ4n) is 1.73. The summed E-state index contributed by atoms with van der Waals surface area (Å²) in [5.74, 6) is 0. The van der Waals surface area contributed by atoms with Gasteiger partial charge in [-0.3, -0.25) is 10.4 Å². The monoisotopic (exact) mass is 256 g/mol. The maximum atomic E-state index is 8.00. The van der Waals surface area contributed by atoms with E-state index in [1.165, 1.54) is 11.8 Å². The van der Waals surface area contributed by atoms with E-state index in [4.69, 9.17) is 5.41 Å². The Morgan fingerprint density at radius 2 is 2.28 bits per heavy atom. The standard InChI is InChI=1S/C15H16N2S/c1-3-9-18-15(16)13-8-7-12-6-4-5-11(2)17-14(12)10-13/h3-4,6-10,16H,5H2,1-2H3. The summed E-state index contributed by atoms with van der Waals surface area (Å²) in [5.41, 5.74) is 4.11. The Morgan fingerprint density at radius 1 is 1.44 bits per heavy atom. The van der Waals surface area contributed by atoms with Crippen molar-refractivity contribution in [2.75, 3.05) is 0 Å². The molecule has 18 heavy (non-hydrogen) atoms. The number of aliphatic imine (C=N–C) groups is 1. The van der Waals surface area contributed by atoms with Gasteiger partial charge >= 0.3 is 0 Å². The van der Waals surface area contributed by atoms with Gasteiger partial charge in [-0.2, -0.15) is 0 Å². The topological polar surface area (TPSA) is 36.2 Å². The SMILES string of the molecule is CC=CSC(=N)c1ccc2c(c1)N=C(C)CC=C2. The molecule has 0 saturated heterocycles. The molecule has 0 unspecified atom stereocenters. The first-order valence-electron chi connectivity index (χ1n) is 5.92. The molecule has 0 aromatic heterocycles. The van der Waals surface area contributed by atoms with Crippen molar-refractivity contribution in [1.29, 1.82) is 5.41 Å². The van der Waals surface area contributed by atoms with Gasteiger partial charge in [0.25, 0.3) is 0 Å². The predicted molar refractivity (Wildman–Crippen MR) is 82.1 cm³/mol. The Hall–Kier alpha value is -1.61. The van der Waals surface area contributed by atoms with Gasteiger partial charge in [0.05, 0.1) is 10.7 Å². The van der Waals surface area contributed by atoms with Crippen LogP contribution in [0.15, 0.2) is 40.8 Å². The second kappa shape index (κ2) is 5.83. The Labute approximate surface area is 112 Å². The molecule has 0 spiro atoms. The third kappa shape index (κ3) is 2.99. The maximum Gasteiger partial charge on any atom is 0.0985 e. The fourth-order valence-corrected chi connectivity index (χ4v) is 2.27. The van der Waals surface area contributed by atoms with E-state index in [1.807, 2.05) is 43.5 Å². The average molecular weight is 256 g/mol. The van der Waals surface area contributed by atoms with Crippen molar-refractivity contribution < 1.29 is 0 Å². The lowest BCUT2D eigenvalue weighted by Gasteiger charge is -2.05. The van der Waals surface area contributed by atoms with Gasteiger partial charge in [0, 0.05) is 17.7 Å². The molecule has 1 aliphatic rings. The van der Waals surface area contributed by atoms with Crippen LogP contribution >= 0.6 is 11.8 Å². The van der Waals surface area contributed by atoms with E-state index in [0.717, 1.165) is 28.9 Å². The Morgan fingerprint density at radius 3 is 3.06 bits per heavy atom. The van der Waals surface area contributed by atoms with Gasteiger partial charge in [0.2, 0.25) is 0 Å². The van der Waals surface area contributed by atoms with E-state index in [0.29, 0.717) is 5.04 Å². The van der Waals surface area contributed by atoms with Crippen molar-refractivity contribution in [3.05, 3.63) is 46.9 Å². The molecule has 1 heterocycles. The zero-order chi connectivity index (χ0) is 13.0. The molecular formula is C15H16N2S. The Bertz CT molecular complexity index is 554. The molecule has 1 aliphatic heterocycles. The van der Waals surface area contributed by atoms with Crippen LogP contribution in [0.2, 0.25) is 0 Å². The van der Waals surface area contributed by atoms with Crippen LogP contribution in [-0.2, 0) is 0 Å². The van der Waals surface area contributed by atoms with Crippen LogP contribution in [0.25, 0.3) is 6.08 Å². The first kappa shape index (κ1) is 12.8. The molecule has 0 amide bonds. The minimum atomic E-state index is 0.553. The molecule has 0 saturated carbocycles. The highest BCUT2D eigenvalue weighted by Crippen LogP contribution is 2.27. The average Bonchev–Trinajstić information content (AvgIpc) is 2.55. The molecule has 0 aliphatic carbocycles. The third-order valence-electron chi connectivity index (χ3n) is 2.64. The third-order valence-corrected chi connectivity index (χ3v) is 3.52. The number of nitrogens with one attached hydrogen (secondary N) is 1. The van der Waals surface area contributed by atoms with Crippen molar-refractivity contribution in [2.45, 2.75) is 20.3 Å². The number of benzene rings is 1. The molecule has 1 N–H and O–H groups in total. The minimum absolute atomic E-state index is 0.553. The van der Waals surface area contributed by atoms with Gasteiger partial charge < -0.3 is 0 Å². The summed E-state index contributed by atoms with van der Waals surface area (Å²) >= 11 is 1.42. The van der Waals surface area contributed by atoms with Crippen LogP contribution < -0.4 is 0 Å². The molecule has 1 aromatic rings. The van der Waals surface area contributed by atoms with Crippen molar-refractivity contribution in [3.63, 3.8) is 0 Å². The van der Waals surface area contributed by atoms with Gasteiger partial charge in [0.15, 0.2) is 0 Å². The van der Waals surface area contributed by atoms with Gasteiger partial charge in [-0.1, -0.05) is 42.1 Å².